The molecule has 0 radical (unpaired) electrons. The first-order chi connectivity index (χ1) is 9.42. The summed E-state index contributed by atoms with van der Waals surface area (Å²) in [7, 11) is 4.57. The summed E-state index contributed by atoms with van der Waals surface area (Å²) in [5.41, 5.74) is 0. The third-order valence-electron chi connectivity index (χ3n) is 3.37. The van der Waals surface area contributed by atoms with Crippen LogP contribution in [0.5, 0.6) is 0 Å². The van der Waals surface area contributed by atoms with Crippen molar-refractivity contribution < 1.29 is 24.4 Å². The van der Waals surface area contributed by atoms with Crippen molar-refractivity contribution >= 4 is 23.7 Å². The average Bonchev–Trinajstić information content (AvgIpc) is 2.81. The molecule has 3 amide bonds. The van der Waals surface area contributed by atoms with Gasteiger partial charge in [-0.15, -0.1) is 0 Å². The van der Waals surface area contributed by atoms with E-state index in [0.717, 1.165) is 4.90 Å². The van der Waals surface area contributed by atoms with Gasteiger partial charge in [0.1, 0.15) is 6.10 Å². The number of nitrogens with zero attached hydrogens (tertiary/aromatic N) is 4. The van der Waals surface area contributed by atoms with Crippen LogP contribution in [0.3, 0.4) is 0 Å². The Kier molecular flexibility index (Phi) is 3.73. The number of β-amino-alcohol motifs (C(OH)–C–C–N with tert-alkyl or cyclic N) is 1. The van der Waals surface area contributed by atoms with E-state index in [4.69, 9.17) is 5.11 Å². The number of aliphatic hydroxyl groups excluding tert-OH is 2. The maximum Gasteiger partial charge on any atom is 0.389 e. The molecule has 20 heavy (non-hydrogen) atoms. The number of amides is 3. The Hall–Kier alpha value is -2.00. The zero-order chi connectivity index (χ0) is 15.0. The van der Waals surface area contributed by atoms with Crippen LogP contribution in [0.1, 0.15) is 0 Å². The maximum atomic E-state index is 12.3. The number of aliphatic imine (C=N–C) groups is 1. The highest BCUT2D eigenvalue weighted by atomic mass is 16.3. The van der Waals surface area contributed by atoms with E-state index in [1.165, 1.54) is 23.6 Å². The predicted molar refractivity (Wildman–Crippen MR) is 69.4 cm³/mol. The average molecular weight is 284 g/mol. The molecule has 9 nitrogen and oxygen atoms in total. The Morgan fingerprint density at radius 1 is 1.40 bits per heavy atom. The molecule has 0 bridgehead atoms. The van der Waals surface area contributed by atoms with E-state index in [2.05, 4.69) is 10.3 Å². The van der Waals surface area contributed by atoms with Crippen molar-refractivity contribution in [1.29, 1.82) is 0 Å². The largest absolute Gasteiger partial charge is 0.394 e. The van der Waals surface area contributed by atoms with Crippen molar-refractivity contribution in [3.63, 3.8) is 0 Å². The topological polar surface area (TPSA) is 108 Å². The Bertz CT molecular complexity index is 515. The van der Waals surface area contributed by atoms with Gasteiger partial charge in [0.15, 0.2) is 0 Å². The van der Waals surface area contributed by atoms with Crippen LogP contribution in [0.15, 0.2) is 4.99 Å². The van der Waals surface area contributed by atoms with E-state index in [1.54, 1.807) is 7.05 Å². The first-order valence-corrected chi connectivity index (χ1v) is 6.16. The van der Waals surface area contributed by atoms with Crippen molar-refractivity contribution in [2.45, 2.75) is 12.1 Å². The highest BCUT2D eigenvalue weighted by Gasteiger charge is 2.51. The molecule has 0 saturated carbocycles. The number of imide groups is 1. The van der Waals surface area contributed by atoms with E-state index < -0.39 is 30.7 Å². The second kappa shape index (κ2) is 5.17. The zero-order valence-corrected chi connectivity index (χ0v) is 11.6. The molecule has 110 valence electrons. The number of guanidine groups is 1. The zero-order valence-electron chi connectivity index (χ0n) is 11.6. The molecule has 2 aliphatic rings. The summed E-state index contributed by atoms with van der Waals surface area (Å²) in [4.78, 5) is 30.7. The fraction of sp³-hybridized carbons (Fsp3) is 0.636. The molecule has 0 spiro atoms. The van der Waals surface area contributed by atoms with Gasteiger partial charge in [-0.3, -0.25) is 19.9 Å². The van der Waals surface area contributed by atoms with Crippen LogP contribution in [0, 0.1) is 0 Å². The lowest BCUT2D eigenvalue weighted by Gasteiger charge is -2.32. The smallest absolute Gasteiger partial charge is 0.389 e. The van der Waals surface area contributed by atoms with Crippen LogP contribution in [-0.2, 0) is 4.79 Å². The van der Waals surface area contributed by atoms with E-state index >= 15 is 0 Å². The minimum atomic E-state index is -1.01. The number of amidine groups is 1. The van der Waals surface area contributed by atoms with Crippen molar-refractivity contribution in [3.05, 3.63) is 0 Å². The molecule has 0 aromatic rings. The molecule has 2 rings (SSSR count). The minimum Gasteiger partial charge on any atom is -0.394 e. The number of hydrogen-bond acceptors (Lipinski definition) is 6. The Morgan fingerprint density at radius 3 is 2.60 bits per heavy atom. The van der Waals surface area contributed by atoms with Crippen molar-refractivity contribution in [2.24, 2.45) is 4.99 Å². The molecule has 1 fully saturated rings. The third-order valence-corrected chi connectivity index (χ3v) is 3.37. The molecule has 2 aliphatic heterocycles. The van der Waals surface area contributed by atoms with Crippen LogP contribution in [0.2, 0.25) is 0 Å². The second-order valence-corrected chi connectivity index (χ2v) is 4.67. The molecule has 0 aliphatic carbocycles. The molecule has 2 heterocycles. The SMILES string of the molecule is CNC1=[N+](CC(O)CO)C2C(=O)N(C)C(=O)N(C)C2=N1. The number of rotatable bonds is 3. The number of nitrogens with one attached hydrogen (secondary N) is 1. The summed E-state index contributed by atoms with van der Waals surface area (Å²) in [6, 6.07) is -1.23. The minimum absolute atomic E-state index is 0.0337. The lowest BCUT2D eigenvalue weighted by Crippen LogP contribution is -2.62. The van der Waals surface area contributed by atoms with Crippen LogP contribution in [0.4, 0.5) is 4.79 Å². The fourth-order valence-electron chi connectivity index (χ4n) is 2.27. The van der Waals surface area contributed by atoms with Crippen LogP contribution in [0.25, 0.3) is 0 Å². The molecule has 0 aromatic carbocycles. The van der Waals surface area contributed by atoms with Crippen molar-refractivity contribution in [1.82, 2.24) is 15.1 Å². The summed E-state index contributed by atoms with van der Waals surface area (Å²) in [5.74, 6) is 0.274. The highest BCUT2D eigenvalue weighted by Crippen LogP contribution is 2.18. The van der Waals surface area contributed by atoms with Gasteiger partial charge in [0.2, 0.25) is 11.9 Å². The molecule has 1 saturated heterocycles. The molecule has 2 atom stereocenters. The normalized spacial score (nSPS) is 24.1. The number of urea groups is 1. The van der Waals surface area contributed by atoms with Gasteiger partial charge in [-0.1, -0.05) is 4.99 Å². The molecule has 2 unspecified atom stereocenters. The lowest BCUT2D eigenvalue weighted by atomic mass is 10.1. The molecule has 3 N–H and O–H groups in total. The van der Waals surface area contributed by atoms with Gasteiger partial charge in [0.25, 0.3) is 5.91 Å². The lowest BCUT2D eigenvalue weighted by molar-refractivity contribution is -0.545. The maximum absolute atomic E-state index is 12.3. The number of aliphatic hydroxyl groups is 2. The number of carbonyl (C=O) groups is 2. The van der Waals surface area contributed by atoms with E-state index in [9.17, 15) is 14.7 Å². The fourth-order valence-corrected chi connectivity index (χ4v) is 2.27. The summed E-state index contributed by atoms with van der Waals surface area (Å²) < 4.78 is 1.54. The van der Waals surface area contributed by atoms with Gasteiger partial charge in [0, 0.05) is 14.1 Å². The van der Waals surface area contributed by atoms with Crippen LogP contribution < -0.4 is 5.32 Å². The van der Waals surface area contributed by atoms with Crippen LogP contribution >= 0.6 is 0 Å². The van der Waals surface area contributed by atoms with Gasteiger partial charge >= 0.3 is 12.0 Å². The number of likely N-dealkylation sites (N-methyl/N-ethyl adjacent to an activating group) is 2. The Labute approximate surface area is 115 Å². The van der Waals surface area contributed by atoms with Crippen LogP contribution in [-0.4, -0.2) is 94.8 Å². The summed E-state index contributed by atoms with van der Waals surface area (Å²) in [6.07, 6.45) is -1.01. The standard InChI is InChI=1S/C11H17N5O4/c1-12-10-13-8-7(16(10)4-6(18)5-17)9(19)15(3)11(20)14(8)2/h6-7,17-18H,4-5H2,1-3H3/p+1. The number of carbonyl (C=O) groups excluding carboxylic acids is 2. The summed E-state index contributed by atoms with van der Waals surface area (Å²) in [6.45, 7) is -0.389. The highest BCUT2D eigenvalue weighted by molar-refractivity contribution is 6.22. The van der Waals surface area contributed by atoms with Gasteiger partial charge < -0.3 is 10.2 Å². The molecular formula is C11H18N5O4+. The predicted octanol–water partition coefficient (Wildman–Crippen LogP) is -2.77. The van der Waals surface area contributed by atoms with E-state index in [0.29, 0.717) is 11.8 Å². The van der Waals surface area contributed by atoms with Gasteiger partial charge in [-0.2, -0.15) is 0 Å². The van der Waals surface area contributed by atoms with Crippen molar-refractivity contribution in [2.75, 3.05) is 34.3 Å². The number of fused-ring (bicyclic) bond motifs is 1. The molecular weight excluding hydrogens is 266 g/mol. The monoisotopic (exact) mass is 284 g/mol. The summed E-state index contributed by atoms with van der Waals surface area (Å²) >= 11 is 0. The Morgan fingerprint density at radius 2 is 2.05 bits per heavy atom. The van der Waals surface area contributed by atoms with Gasteiger partial charge in [-0.05, 0) is 0 Å². The van der Waals surface area contributed by atoms with Gasteiger partial charge in [-0.25, -0.2) is 9.37 Å². The summed E-state index contributed by atoms with van der Waals surface area (Å²) in [5, 5.41) is 21.4. The molecule has 0 aromatic heterocycles. The second-order valence-electron chi connectivity index (χ2n) is 4.67. The van der Waals surface area contributed by atoms with E-state index in [-0.39, 0.29) is 6.54 Å². The first kappa shape index (κ1) is 14.4. The Balaban J connectivity index is 2.39. The number of hydrogen-bond donors (Lipinski definition) is 3. The molecule has 9 heteroatoms. The first-order valence-electron chi connectivity index (χ1n) is 6.16. The van der Waals surface area contributed by atoms with E-state index in [1.807, 2.05) is 0 Å². The quantitative estimate of drug-likeness (QED) is 0.486. The van der Waals surface area contributed by atoms with Crippen molar-refractivity contribution in [3.8, 4) is 0 Å². The third kappa shape index (κ3) is 2.04. The van der Waals surface area contributed by atoms with Gasteiger partial charge in [0.05, 0.1) is 20.2 Å².